The van der Waals surface area contributed by atoms with Gasteiger partial charge in [0.05, 0.1) is 18.5 Å². The van der Waals surface area contributed by atoms with Crippen molar-refractivity contribution in [2.75, 3.05) is 37.0 Å². The second-order valence-corrected chi connectivity index (χ2v) is 6.73. The predicted octanol–water partition coefficient (Wildman–Crippen LogP) is 3.67. The fourth-order valence-electron chi connectivity index (χ4n) is 3.14. The summed E-state index contributed by atoms with van der Waals surface area (Å²) in [5, 5.41) is 2.49. The molecule has 1 aromatic heterocycles. The first-order chi connectivity index (χ1) is 14.8. The number of aromatic nitrogens is 1. The molecule has 0 spiro atoms. The van der Waals surface area contributed by atoms with Gasteiger partial charge in [-0.05, 0) is 19.1 Å². The van der Waals surface area contributed by atoms with Gasteiger partial charge in [-0.2, -0.15) is 0 Å². The maximum Gasteiger partial charge on any atom is 0.488 e. The Morgan fingerprint density at radius 3 is 2.61 bits per heavy atom. The maximum atomic E-state index is 13.7. The molecule has 1 aliphatic rings. The van der Waals surface area contributed by atoms with Crippen molar-refractivity contribution in [1.82, 2.24) is 9.88 Å². The summed E-state index contributed by atoms with van der Waals surface area (Å²) >= 11 is 0. The minimum absolute atomic E-state index is 0.0371. The van der Waals surface area contributed by atoms with E-state index in [0.717, 1.165) is 6.26 Å². The van der Waals surface area contributed by atoms with Crippen LogP contribution in [-0.2, 0) is 20.0 Å². The molecule has 31 heavy (non-hydrogen) atoms. The molecule has 0 radical (unpaired) electrons. The zero-order chi connectivity index (χ0) is 22.5. The number of rotatable bonds is 8. The van der Waals surface area contributed by atoms with Gasteiger partial charge in [0.25, 0.3) is 11.6 Å². The number of nitrogens with zero attached hydrogens (tertiary/aromatic N) is 3. The number of carbonyl (C=O) groups excluding carboxylic acids is 1. The molecule has 3 rings (SSSR count). The lowest BCUT2D eigenvalue weighted by atomic mass is 10.0. The third-order valence-corrected chi connectivity index (χ3v) is 4.71. The molecule has 0 saturated carbocycles. The van der Waals surface area contributed by atoms with Crippen LogP contribution in [0.25, 0.3) is 0 Å². The Kier molecular flexibility index (Phi) is 6.69. The lowest BCUT2D eigenvalue weighted by Crippen LogP contribution is -2.55. The number of hydrogen-bond acceptors (Lipinski definition) is 6. The van der Waals surface area contributed by atoms with E-state index in [1.165, 1.54) is 30.5 Å². The Morgan fingerprint density at radius 2 is 2.00 bits per heavy atom. The number of ether oxygens (including phenoxy) is 2. The Hall–Kier alpha value is -3.27. The second-order valence-electron chi connectivity index (χ2n) is 6.73. The first kappa shape index (κ1) is 22.4. The Morgan fingerprint density at radius 1 is 1.26 bits per heavy atom. The number of alkyl halides is 3. The molecule has 0 fully saturated rings. The molecule has 1 unspecified atom stereocenters. The largest absolute Gasteiger partial charge is 0.488 e. The Balaban J connectivity index is 1.82. The number of pyridine rings is 1. The van der Waals surface area contributed by atoms with E-state index in [1.807, 2.05) is 18.9 Å². The lowest BCUT2D eigenvalue weighted by molar-refractivity contribution is -0.281. The SMILES string of the molecule is CCOCCN(C)c1ccc(NC(=O)C2(c3ccccc3)OC=CN2C(F)(F)F)cn1. The van der Waals surface area contributed by atoms with Crippen molar-refractivity contribution >= 4 is 17.4 Å². The van der Waals surface area contributed by atoms with Crippen LogP contribution in [0.4, 0.5) is 24.7 Å². The highest BCUT2D eigenvalue weighted by Crippen LogP contribution is 2.43. The number of nitrogens with one attached hydrogen (secondary N) is 1. The van der Waals surface area contributed by atoms with Gasteiger partial charge in [-0.15, -0.1) is 13.2 Å². The maximum absolute atomic E-state index is 13.7. The summed E-state index contributed by atoms with van der Waals surface area (Å²) in [5.41, 5.74) is -2.15. The highest BCUT2D eigenvalue weighted by atomic mass is 19.4. The molecule has 1 aromatic carbocycles. The molecular formula is C21H23F3N4O3. The standard InChI is InChI=1S/C21H23F3N4O3/c1-3-30-13-11-27(2)18-10-9-17(15-25-18)26-19(29)20(16-7-5-4-6-8-16)28(12-14-31-20)21(22,23)24/h4-10,12,14-15H,3,11,13H2,1-2H3,(H,26,29). The van der Waals surface area contributed by atoms with Gasteiger partial charge in [0, 0.05) is 32.0 Å². The van der Waals surface area contributed by atoms with Crippen LogP contribution in [0.2, 0.25) is 0 Å². The van der Waals surface area contributed by atoms with Gasteiger partial charge in [-0.1, -0.05) is 30.3 Å². The van der Waals surface area contributed by atoms with E-state index in [4.69, 9.17) is 9.47 Å². The Bertz CT molecular complexity index is 906. The molecule has 0 saturated heterocycles. The van der Waals surface area contributed by atoms with E-state index < -0.39 is 17.9 Å². The third-order valence-electron chi connectivity index (χ3n) is 4.71. The summed E-state index contributed by atoms with van der Waals surface area (Å²) in [6.45, 7) is 3.66. The average Bonchev–Trinajstić information content (AvgIpc) is 3.22. The van der Waals surface area contributed by atoms with E-state index in [9.17, 15) is 18.0 Å². The normalized spacial score (nSPS) is 18.0. The number of likely N-dealkylation sites (N-methyl/N-ethyl adjacent to an activating group) is 1. The summed E-state index contributed by atoms with van der Waals surface area (Å²) in [7, 11) is 1.84. The Labute approximate surface area is 178 Å². The first-order valence-corrected chi connectivity index (χ1v) is 9.61. The van der Waals surface area contributed by atoms with Crippen molar-refractivity contribution in [1.29, 1.82) is 0 Å². The minimum atomic E-state index is -4.84. The van der Waals surface area contributed by atoms with Crippen molar-refractivity contribution in [3.63, 3.8) is 0 Å². The molecule has 166 valence electrons. The number of carbonyl (C=O) groups is 1. The van der Waals surface area contributed by atoms with Crippen molar-refractivity contribution < 1.29 is 27.4 Å². The summed E-state index contributed by atoms with van der Waals surface area (Å²) < 4.78 is 51.7. The zero-order valence-corrected chi connectivity index (χ0v) is 17.1. The van der Waals surface area contributed by atoms with Gasteiger partial charge in [0.15, 0.2) is 0 Å². The van der Waals surface area contributed by atoms with Crippen molar-refractivity contribution in [2.45, 2.75) is 18.9 Å². The van der Waals surface area contributed by atoms with E-state index in [-0.39, 0.29) is 16.2 Å². The molecule has 7 nitrogen and oxygen atoms in total. The smallest absolute Gasteiger partial charge is 0.460 e. The third kappa shape index (κ3) is 4.74. The molecule has 10 heteroatoms. The summed E-state index contributed by atoms with van der Waals surface area (Å²) in [5.74, 6) is -0.369. The van der Waals surface area contributed by atoms with Crippen LogP contribution >= 0.6 is 0 Å². The number of amides is 1. The molecule has 1 aliphatic heterocycles. The average molecular weight is 436 g/mol. The van der Waals surface area contributed by atoms with Gasteiger partial charge in [-0.3, -0.25) is 4.79 Å². The fourth-order valence-corrected chi connectivity index (χ4v) is 3.14. The van der Waals surface area contributed by atoms with Crippen LogP contribution < -0.4 is 10.2 Å². The van der Waals surface area contributed by atoms with Crippen molar-refractivity contribution in [3.05, 3.63) is 66.7 Å². The van der Waals surface area contributed by atoms with E-state index in [2.05, 4.69) is 10.3 Å². The fraction of sp³-hybridized carbons (Fsp3) is 0.333. The molecule has 2 aromatic rings. The monoisotopic (exact) mass is 436 g/mol. The van der Waals surface area contributed by atoms with Gasteiger partial charge in [-0.25, -0.2) is 9.88 Å². The number of anilines is 2. The zero-order valence-electron chi connectivity index (χ0n) is 17.1. The minimum Gasteiger partial charge on any atom is -0.460 e. The van der Waals surface area contributed by atoms with E-state index in [1.54, 1.807) is 18.2 Å². The number of benzene rings is 1. The van der Waals surface area contributed by atoms with Crippen LogP contribution in [0.15, 0.2) is 61.1 Å². The molecule has 0 aliphatic carbocycles. The summed E-state index contributed by atoms with van der Waals surface area (Å²) in [6, 6.07) is 10.7. The molecule has 1 N–H and O–H groups in total. The quantitative estimate of drug-likeness (QED) is 0.503. The van der Waals surface area contributed by atoms with Crippen LogP contribution in [-0.4, -0.2) is 48.9 Å². The first-order valence-electron chi connectivity index (χ1n) is 9.61. The summed E-state index contributed by atoms with van der Waals surface area (Å²) in [4.78, 5) is 19.2. The van der Waals surface area contributed by atoms with Gasteiger partial charge >= 0.3 is 6.30 Å². The van der Waals surface area contributed by atoms with Gasteiger partial charge in [0.1, 0.15) is 12.1 Å². The number of halogens is 3. The highest BCUT2D eigenvalue weighted by molar-refractivity contribution is 5.98. The van der Waals surface area contributed by atoms with Crippen LogP contribution in [0.1, 0.15) is 12.5 Å². The van der Waals surface area contributed by atoms with Crippen LogP contribution in [0.5, 0.6) is 0 Å². The second kappa shape index (κ2) is 9.25. The molecule has 1 atom stereocenters. The molecule has 0 bridgehead atoms. The summed E-state index contributed by atoms with van der Waals surface area (Å²) in [6.07, 6.45) is -1.91. The lowest BCUT2D eigenvalue weighted by Gasteiger charge is -2.37. The van der Waals surface area contributed by atoms with Gasteiger partial charge < -0.3 is 19.7 Å². The topological polar surface area (TPSA) is 66.9 Å². The molecular weight excluding hydrogens is 413 g/mol. The van der Waals surface area contributed by atoms with Crippen LogP contribution in [0.3, 0.4) is 0 Å². The van der Waals surface area contributed by atoms with Crippen LogP contribution in [0, 0.1) is 0 Å². The number of hydrogen-bond donors (Lipinski definition) is 1. The molecule has 1 amide bonds. The van der Waals surface area contributed by atoms with E-state index in [0.29, 0.717) is 31.8 Å². The van der Waals surface area contributed by atoms with E-state index >= 15 is 0 Å². The highest BCUT2D eigenvalue weighted by Gasteiger charge is 2.59. The van der Waals surface area contributed by atoms with Gasteiger partial charge in [0.2, 0.25) is 0 Å². The van der Waals surface area contributed by atoms with Crippen molar-refractivity contribution in [3.8, 4) is 0 Å². The predicted molar refractivity (Wildman–Crippen MR) is 109 cm³/mol. The van der Waals surface area contributed by atoms with Crippen molar-refractivity contribution in [2.24, 2.45) is 0 Å². The molecule has 2 heterocycles.